The number of amides is 1. The van der Waals surface area contributed by atoms with E-state index in [9.17, 15) is 4.79 Å². The fraction of sp³-hybridized carbons (Fsp3) is 0.348. The first kappa shape index (κ1) is 19.2. The van der Waals surface area contributed by atoms with E-state index in [2.05, 4.69) is 20.9 Å². The second-order valence-corrected chi connectivity index (χ2v) is 7.50. The highest BCUT2D eigenvalue weighted by atomic mass is 16.5. The van der Waals surface area contributed by atoms with E-state index >= 15 is 0 Å². The second-order valence-electron chi connectivity index (χ2n) is 7.50. The van der Waals surface area contributed by atoms with Crippen LogP contribution in [0.15, 0.2) is 48.7 Å². The Morgan fingerprint density at radius 1 is 1.03 bits per heavy atom. The monoisotopic (exact) mass is 390 g/mol. The number of aromatic nitrogens is 2. The third-order valence-electron chi connectivity index (χ3n) is 5.32. The molecule has 0 spiro atoms. The second kappa shape index (κ2) is 8.07. The van der Waals surface area contributed by atoms with Gasteiger partial charge in [0.1, 0.15) is 11.6 Å². The number of ether oxygens (including phenoxy) is 1. The third-order valence-corrected chi connectivity index (χ3v) is 5.32. The Balaban J connectivity index is 1.37. The highest BCUT2D eigenvalue weighted by Gasteiger charge is 2.27. The van der Waals surface area contributed by atoms with Gasteiger partial charge in [-0.3, -0.25) is 9.78 Å². The van der Waals surface area contributed by atoms with E-state index in [1.807, 2.05) is 62.1 Å². The van der Waals surface area contributed by atoms with Crippen LogP contribution in [0, 0.1) is 13.8 Å². The summed E-state index contributed by atoms with van der Waals surface area (Å²) in [6.07, 6.45) is 1.26. The van der Waals surface area contributed by atoms with Gasteiger partial charge in [0.2, 0.25) is 0 Å². The number of nitrogens with zero attached hydrogens (tertiary/aromatic N) is 4. The van der Waals surface area contributed by atoms with E-state index in [1.54, 1.807) is 6.20 Å². The van der Waals surface area contributed by atoms with Crippen molar-refractivity contribution in [1.29, 1.82) is 0 Å². The number of aryl methyl sites for hydroxylation is 2. The SMILES string of the molecule is Cc1cnc(C)c(N2CCN(C(=O)[C@@H](C)Oc3ccc4ccccc4c3)CC2)n1. The Labute approximate surface area is 171 Å². The van der Waals surface area contributed by atoms with Gasteiger partial charge in [0.05, 0.1) is 11.4 Å². The van der Waals surface area contributed by atoms with Gasteiger partial charge < -0.3 is 14.5 Å². The fourth-order valence-corrected chi connectivity index (χ4v) is 3.72. The summed E-state index contributed by atoms with van der Waals surface area (Å²) in [5.74, 6) is 1.65. The number of piperazine rings is 1. The molecule has 1 aromatic heterocycles. The van der Waals surface area contributed by atoms with Gasteiger partial charge in [-0.1, -0.05) is 30.3 Å². The molecule has 6 nitrogen and oxygen atoms in total. The lowest BCUT2D eigenvalue weighted by Gasteiger charge is -2.36. The van der Waals surface area contributed by atoms with Crippen LogP contribution in [0.2, 0.25) is 0 Å². The zero-order chi connectivity index (χ0) is 20.4. The smallest absolute Gasteiger partial charge is 0.263 e. The van der Waals surface area contributed by atoms with E-state index < -0.39 is 6.10 Å². The summed E-state index contributed by atoms with van der Waals surface area (Å²) in [4.78, 5) is 26.0. The van der Waals surface area contributed by atoms with Crippen molar-refractivity contribution in [3.8, 4) is 5.75 Å². The highest BCUT2D eigenvalue weighted by molar-refractivity contribution is 5.84. The number of hydrogen-bond donors (Lipinski definition) is 0. The number of carbonyl (C=O) groups excluding carboxylic acids is 1. The predicted octanol–water partition coefficient (Wildman–Crippen LogP) is 3.36. The molecule has 150 valence electrons. The molecule has 0 N–H and O–H groups in total. The summed E-state index contributed by atoms with van der Waals surface area (Å²) in [6.45, 7) is 8.53. The number of hydrogen-bond acceptors (Lipinski definition) is 5. The minimum Gasteiger partial charge on any atom is -0.481 e. The average molecular weight is 390 g/mol. The maximum absolute atomic E-state index is 12.9. The van der Waals surface area contributed by atoms with Crippen LogP contribution in [-0.4, -0.2) is 53.1 Å². The summed E-state index contributed by atoms with van der Waals surface area (Å²) < 4.78 is 5.96. The van der Waals surface area contributed by atoms with Crippen LogP contribution >= 0.6 is 0 Å². The maximum atomic E-state index is 12.9. The molecule has 2 heterocycles. The molecule has 1 aliphatic heterocycles. The van der Waals surface area contributed by atoms with Crippen LogP contribution < -0.4 is 9.64 Å². The Kier molecular flexibility index (Phi) is 5.34. The van der Waals surface area contributed by atoms with E-state index in [0.717, 1.165) is 41.1 Å². The van der Waals surface area contributed by atoms with Crippen molar-refractivity contribution < 1.29 is 9.53 Å². The maximum Gasteiger partial charge on any atom is 0.263 e. The first-order chi connectivity index (χ1) is 14.0. The molecule has 3 aromatic rings. The average Bonchev–Trinajstić information content (AvgIpc) is 2.75. The Morgan fingerprint density at radius 3 is 2.52 bits per heavy atom. The van der Waals surface area contributed by atoms with Crippen LogP contribution in [0.1, 0.15) is 18.3 Å². The molecule has 1 atom stereocenters. The summed E-state index contributed by atoms with van der Waals surface area (Å²) >= 11 is 0. The Hall–Kier alpha value is -3.15. The Morgan fingerprint density at radius 2 is 1.76 bits per heavy atom. The molecule has 2 aromatic carbocycles. The van der Waals surface area contributed by atoms with Crippen LogP contribution in [0.3, 0.4) is 0 Å². The van der Waals surface area contributed by atoms with Crippen molar-refractivity contribution in [2.24, 2.45) is 0 Å². The molecule has 4 rings (SSSR count). The van der Waals surface area contributed by atoms with Crippen molar-refractivity contribution in [3.05, 3.63) is 60.0 Å². The van der Waals surface area contributed by atoms with Gasteiger partial charge in [0, 0.05) is 32.4 Å². The van der Waals surface area contributed by atoms with E-state index in [0.29, 0.717) is 18.8 Å². The van der Waals surface area contributed by atoms with Gasteiger partial charge in [-0.25, -0.2) is 4.98 Å². The summed E-state index contributed by atoms with van der Waals surface area (Å²) in [7, 11) is 0. The van der Waals surface area contributed by atoms with Crippen LogP contribution in [0.25, 0.3) is 10.8 Å². The molecule has 0 saturated carbocycles. The molecule has 6 heteroatoms. The van der Waals surface area contributed by atoms with Crippen molar-refractivity contribution in [2.75, 3.05) is 31.1 Å². The van der Waals surface area contributed by atoms with Gasteiger partial charge in [-0.15, -0.1) is 0 Å². The number of carbonyl (C=O) groups is 1. The number of anilines is 1. The molecule has 1 fully saturated rings. The summed E-state index contributed by atoms with van der Waals surface area (Å²) in [5, 5.41) is 2.26. The molecule has 1 aliphatic rings. The Bertz CT molecular complexity index is 1030. The van der Waals surface area contributed by atoms with Gasteiger partial charge in [0.15, 0.2) is 6.10 Å². The predicted molar refractivity (Wildman–Crippen MR) is 114 cm³/mol. The molecule has 1 saturated heterocycles. The number of rotatable bonds is 4. The molecule has 0 aliphatic carbocycles. The van der Waals surface area contributed by atoms with Gasteiger partial charge in [0.25, 0.3) is 5.91 Å². The van der Waals surface area contributed by atoms with Crippen LogP contribution in [0.5, 0.6) is 5.75 Å². The molecular formula is C23H26N4O2. The highest BCUT2D eigenvalue weighted by Crippen LogP contribution is 2.22. The fourth-order valence-electron chi connectivity index (χ4n) is 3.72. The molecule has 0 radical (unpaired) electrons. The normalized spacial score (nSPS) is 15.4. The molecular weight excluding hydrogens is 364 g/mol. The molecule has 29 heavy (non-hydrogen) atoms. The van der Waals surface area contributed by atoms with Crippen molar-refractivity contribution in [2.45, 2.75) is 26.9 Å². The first-order valence-electron chi connectivity index (χ1n) is 10.0. The number of fused-ring (bicyclic) bond motifs is 1. The third kappa shape index (κ3) is 4.16. The first-order valence-corrected chi connectivity index (χ1v) is 10.0. The van der Waals surface area contributed by atoms with E-state index in [1.165, 1.54) is 0 Å². The minimum absolute atomic E-state index is 0.0184. The van der Waals surface area contributed by atoms with Crippen LogP contribution in [0.4, 0.5) is 5.82 Å². The lowest BCUT2D eigenvalue weighted by atomic mass is 10.1. The topological polar surface area (TPSA) is 58.6 Å². The zero-order valence-corrected chi connectivity index (χ0v) is 17.1. The van der Waals surface area contributed by atoms with Crippen molar-refractivity contribution in [1.82, 2.24) is 14.9 Å². The summed E-state index contributed by atoms with van der Waals surface area (Å²) in [5.41, 5.74) is 1.82. The number of benzene rings is 2. The standard InChI is InChI=1S/C23H26N4O2/c1-16-15-24-17(2)22(25-16)26-10-12-27(13-11-26)23(28)18(3)29-21-9-8-19-6-4-5-7-20(19)14-21/h4-9,14-15,18H,10-13H2,1-3H3/t18-/m1/s1. The lowest BCUT2D eigenvalue weighted by molar-refractivity contribution is -0.138. The van der Waals surface area contributed by atoms with Crippen molar-refractivity contribution in [3.63, 3.8) is 0 Å². The molecule has 0 bridgehead atoms. The van der Waals surface area contributed by atoms with Gasteiger partial charge in [-0.05, 0) is 43.7 Å². The quantitative estimate of drug-likeness (QED) is 0.684. The molecule has 0 unspecified atom stereocenters. The van der Waals surface area contributed by atoms with Gasteiger partial charge >= 0.3 is 0 Å². The summed E-state index contributed by atoms with van der Waals surface area (Å²) in [6, 6.07) is 14.0. The van der Waals surface area contributed by atoms with Crippen molar-refractivity contribution >= 4 is 22.5 Å². The van der Waals surface area contributed by atoms with E-state index in [4.69, 9.17) is 4.74 Å². The minimum atomic E-state index is -0.525. The lowest BCUT2D eigenvalue weighted by Crippen LogP contribution is -2.52. The molecule has 1 amide bonds. The zero-order valence-electron chi connectivity index (χ0n) is 17.1. The van der Waals surface area contributed by atoms with Crippen LogP contribution in [-0.2, 0) is 4.79 Å². The largest absolute Gasteiger partial charge is 0.481 e. The van der Waals surface area contributed by atoms with E-state index in [-0.39, 0.29) is 5.91 Å². The van der Waals surface area contributed by atoms with Gasteiger partial charge in [-0.2, -0.15) is 0 Å².